The highest BCUT2D eigenvalue weighted by molar-refractivity contribution is 6.48. The van der Waals surface area contributed by atoms with Crippen LogP contribution in [0.5, 0.6) is 5.88 Å². The van der Waals surface area contributed by atoms with E-state index in [2.05, 4.69) is 4.98 Å². The topological polar surface area (TPSA) is 39.2 Å². The zero-order valence-corrected chi connectivity index (χ0v) is 12.1. The van der Waals surface area contributed by atoms with Crippen LogP contribution in [0.15, 0.2) is 24.4 Å². The molecule has 0 atom stereocenters. The Balaban J connectivity index is 2.74. The van der Waals surface area contributed by atoms with Gasteiger partial charge in [-0.3, -0.25) is 4.79 Å². The van der Waals surface area contributed by atoms with E-state index in [-0.39, 0.29) is 5.02 Å². The first-order valence-electron chi connectivity index (χ1n) is 5.21. The normalized spacial score (nSPS) is 10.3. The number of carbonyl (C=O) groups excluding carboxylic acids is 1. The Morgan fingerprint density at radius 1 is 1.21 bits per heavy atom. The van der Waals surface area contributed by atoms with Crippen LogP contribution in [-0.2, 0) is 0 Å². The maximum Gasteiger partial charge on any atom is 0.221 e. The minimum Gasteiger partial charge on any atom is -0.481 e. The van der Waals surface area contributed by atoms with E-state index in [9.17, 15) is 4.79 Å². The number of halogens is 3. The number of hydrogen-bond donors (Lipinski definition) is 0. The summed E-state index contributed by atoms with van der Waals surface area (Å²) in [6.07, 6.45) is 2.21. The second-order valence-corrected chi connectivity index (χ2v) is 4.85. The molecular formula is C13H8Cl3NO2. The molecule has 3 nitrogen and oxygen atoms in total. The number of aldehydes is 1. The third-order valence-corrected chi connectivity index (χ3v) is 3.74. The number of ether oxygens (including phenoxy) is 1. The monoisotopic (exact) mass is 315 g/mol. The molecule has 0 spiro atoms. The summed E-state index contributed by atoms with van der Waals surface area (Å²) >= 11 is 17.9. The number of benzene rings is 1. The highest BCUT2D eigenvalue weighted by atomic mass is 35.5. The van der Waals surface area contributed by atoms with E-state index >= 15 is 0 Å². The van der Waals surface area contributed by atoms with Gasteiger partial charge in [0, 0.05) is 11.8 Å². The molecule has 1 aromatic carbocycles. The molecule has 0 saturated carbocycles. The fraction of sp³-hybridized carbons (Fsp3) is 0.0769. The van der Waals surface area contributed by atoms with Crippen LogP contribution in [0.3, 0.4) is 0 Å². The molecule has 0 saturated heterocycles. The van der Waals surface area contributed by atoms with Crippen LogP contribution >= 0.6 is 34.8 Å². The molecular weight excluding hydrogens is 309 g/mol. The van der Waals surface area contributed by atoms with Gasteiger partial charge in [0.05, 0.1) is 27.7 Å². The van der Waals surface area contributed by atoms with Crippen molar-refractivity contribution >= 4 is 41.1 Å². The zero-order chi connectivity index (χ0) is 14.0. The number of methoxy groups -OCH3 is 1. The molecule has 6 heteroatoms. The summed E-state index contributed by atoms with van der Waals surface area (Å²) in [6.45, 7) is 0. The minimum atomic E-state index is 0.266. The standard InChI is InChI=1S/C13H8Cl3NO2/c1-19-13-11(7(6-18)2-3-17-13)8-4-9(14)12(16)10(15)5-8/h2-6H,1H3. The summed E-state index contributed by atoms with van der Waals surface area (Å²) in [6, 6.07) is 4.81. The molecule has 0 unspecified atom stereocenters. The van der Waals surface area contributed by atoms with Crippen molar-refractivity contribution in [2.75, 3.05) is 7.11 Å². The minimum absolute atomic E-state index is 0.266. The van der Waals surface area contributed by atoms with Crippen LogP contribution < -0.4 is 4.74 Å². The molecule has 0 bridgehead atoms. The first-order chi connectivity index (χ1) is 9.08. The molecule has 1 heterocycles. The largest absolute Gasteiger partial charge is 0.481 e. The Labute approximate surface area is 125 Å². The molecule has 0 N–H and O–H groups in total. The van der Waals surface area contributed by atoms with E-state index in [0.29, 0.717) is 32.6 Å². The average Bonchev–Trinajstić information content (AvgIpc) is 2.43. The van der Waals surface area contributed by atoms with Gasteiger partial charge in [-0.25, -0.2) is 4.98 Å². The average molecular weight is 317 g/mol. The van der Waals surface area contributed by atoms with Gasteiger partial charge in [-0.2, -0.15) is 0 Å². The molecule has 2 aromatic rings. The molecule has 0 radical (unpaired) electrons. The number of rotatable bonds is 3. The SMILES string of the molecule is COc1nccc(C=O)c1-c1cc(Cl)c(Cl)c(Cl)c1. The van der Waals surface area contributed by atoms with Crippen LogP contribution in [0.1, 0.15) is 10.4 Å². The van der Waals surface area contributed by atoms with Crippen molar-refractivity contribution in [2.45, 2.75) is 0 Å². The Kier molecular flexibility index (Phi) is 4.30. The first kappa shape index (κ1) is 14.1. The molecule has 0 fully saturated rings. The predicted molar refractivity (Wildman–Crippen MR) is 76.6 cm³/mol. The van der Waals surface area contributed by atoms with E-state index in [1.54, 1.807) is 18.2 Å². The third-order valence-electron chi connectivity index (χ3n) is 2.54. The lowest BCUT2D eigenvalue weighted by Gasteiger charge is -2.11. The van der Waals surface area contributed by atoms with Crippen molar-refractivity contribution in [1.82, 2.24) is 4.98 Å². The highest BCUT2D eigenvalue weighted by Gasteiger charge is 2.15. The van der Waals surface area contributed by atoms with Crippen LogP contribution in [0.2, 0.25) is 15.1 Å². The molecule has 2 rings (SSSR count). The Hall–Kier alpha value is -1.29. The summed E-state index contributed by atoms with van der Waals surface area (Å²) in [7, 11) is 1.47. The Morgan fingerprint density at radius 3 is 2.37 bits per heavy atom. The molecule has 0 aliphatic heterocycles. The van der Waals surface area contributed by atoms with Gasteiger partial charge in [-0.1, -0.05) is 34.8 Å². The maximum atomic E-state index is 11.1. The fourth-order valence-electron chi connectivity index (χ4n) is 1.70. The molecule has 1 aromatic heterocycles. The van der Waals surface area contributed by atoms with Gasteiger partial charge in [0.2, 0.25) is 5.88 Å². The summed E-state index contributed by atoms with van der Waals surface area (Å²) in [5.74, 6) is 0.319. The molecule has 0 aliphatic carbocycles. The predicted octanol–water partition coefficient (Wildman–Crippen LogP) is 4.53. The number of pyridine rings is 1. The fourth-order valence-corrected chi connectivity index (χ4v) is 2.30. The van der Waals surface area contributed by atoms with Gasteiger partial charge in [-0.15, -0.1) is 0 Å². The maximum absolute atomic E-state index is 11.1. The summed E-state index contributed by atoms with van der Waals surface area (Å²) in [4.78, 5) is 15.2. The number of carbonyl (C=O) groups is 1. The van der Waals surface area contributed by atoms with Gasteiger partial charge < -0.3 is 4.74 Å². The second kappa shape index (κ2) is 5.78. The number of hydrogen-bond acceptors (Lipinski definition) is 3. The van der Waals surface area contributed by atoms with Crippen molar-refractivity contribution in [3.63, 3.8) is 0 Å². The summed E-state index contributed by atoms with van der Waals surface area (Å²) in [5.41, 5.74) is 1.58. The smallest absolute Gasteiger partial charge is 0.221 e. The van der Waals surface area contributed by atoms with Gasteiger partial charge in [-0.05, 0) is 23.8 Å². The first-order valence-corrected chi connectivity index (χ1v) is 6.35. The van der Waals surface area contributed by atoms with Gasteiger partial charge >= 0.3 is 0 Å². The van der Waals surface area contributed by atoms with Crippen molar-refractivity contribution in [2.24, 2.45) is 0 Å². The van der Waals surface area contributed by atoms with Crippen molar-refractivity contribution in [1.29, 1.82) is 0 Å². The lowest BCUT2D eigenvalue weighted by atomic mass is 10.0. The van der Waals surface area contributed by atoms with Crippen molar-refractivity contribution in [3.8, 4) is 17.0 Å². The Bertz CT molecular complexity index is 621. The van der Waals surface area contributed by atoms with E-state index in [1.807, 2.05) is 0 Å². The van der Waals surface area contributed by atoms with Crippen molar-refractivity contribution < 1.29 is 9.53 Å². The number of nitrogens with zero attached hydrogens (tertiary/aromatic N) is 1. The molecule has 98 valence electrons. The van der Waals surface area contributed by atoms with Crippen LogP contribution in [-0.4, -0.2) is 18.4 Å². The molecule has 19 heavy (non-hydrogen) atoms. The molecule has 0 aliphatic rings. The quantitative estimate of drug-likeness (QED) is 0.617. The highest BCUT2D eigenvalue weighted by Crippen LogP contribution is 2.38. The van der Waals surface area contributed by atoms with Crippen molar-refractivity contribution in [3.05, 3.63) is 45.0 Å². The molecule has 0 amide bonds. The number of aromatic nitrogens is 1. The zero-order valence-electron chi connectivity index (χ0n) is 9.78. The van der Waals surface area contributed by atoms with Gasteiger partial charge in [0.1, 0.15) is 0 Å². The lowest BCUT2D eigenvalue weighted by Crippen LogP contribution is -1.96. The van der Waals surface area contributed by atoms with E-state index < -0.39 is 0 Å². The van der Waals surface area contributed by atoms with E-state index in [4.69, 9.17) is 39.5 Å². The second-order valence-electron chi connectivity index (χ2n) is 3.66. The third kappa shape index (κ3) is 2.68. The van der Waals surface area contributed by atoms with E-state index in [1.165, 1.54) is 13.3 Å². The Morgan fingerprint density at radius 2 is 1.84 bits per heavy atom. The summed E-state index contributed by atoms with van der Waals surface area (Å²) in [5, 5.41) is 0.862. The van der Waals surface area contributed by atoms with Gasteiger partial charge in [0.15, 0.2) is 6.29 Å². The lowest BCUT2D eigenvalue weighted by molar-refractivity contribution is 0.112. The van der Waals surface area contributed by atoms with E-state index in [0.717, 1.165) is 6.29 Å². The van der Waals surface area contributed by atoms with Crippen LogP contribution in [0, 0.1) is 0 Å². The van der Waals surface area contributed by atoms with Crippen LogP contribution in [0.4, 0.5) is 0 Å². The summed E-state index contributed by atoms with van der Waals surface area (Å²) < 4.78 is 5.16. The van der Waals surface area contributed by atoms with Gasteiger partial charge in [0.25, 0.3) is 0 Å². The van der Waals surface area contributed by atoms with Crippen LogP contribution in [0.25, 0.3) is 11.1 Å².